The maximum atomic E-state index is 12.9. The van der Waals surface area contributed by atoms with E-state index >= 15 is 0 Å². The zero-order valence-electron chi connectivity index (χ0n) is 9.36. The number of rotatable bonds is 0. The topological polar surface area (TPSA) is 30.7 Å². The molecule has 1 aromatic carbocycles. The highest BCUT2D eigenvalue weighted by atomic mass is 19.4. The standard InChI is InChI=1S/C12H8F3N3/c1-18-6-16-9-10(18)7-4-2-3-5-8(7)17-11(9)12(13,14)15/h2-6H,1H3. The van der Waals surface area contributed by atoms with Crippen molar-refractivity contribution < 1.29 is 13.2 Å². The molecule has 3 aromatic rings. The monoisotopic (exact) mass is 251 g/mol. The first kappa shape index (κ1) is 11.0. The molecule has 0 spiro atoms. The van der Waals surface area contributed by atoms with Gasteiger partial charge < -0.3 is 4.57 Å². The first-order valence-electron chi connectivity index (χ1n) is 5.25. The SMILES string of the molecule is Cn1cnc2c(C(F)(F)F)nc3ccccc3c21. The van der Waals surface area contributed by atoms with E-state index < -0.39 is 11.9 Å². The second-order valence-electron chi connectivity index (χ2n) is 4.03. The predicted octanol–water partition coefficient (Wildman–Crippen LogP) is 3.14. The molecule has 0 amide bonds. The first-order chi connectivity index (χ1) is 8.48. The van der Waals surface area contributed by atoms with E-state index in [0.29, 0.717) is 16.4 Å². The summed E-state index contributed by atoms with van der Waals surface area (Å²) < 4.78 is 40.4. The molecule has 3 rings (SSSR count). The molecular formula is C12H8F3N3. The molecule has 0 saturated carbocycles. The van der Waals surface area contributed by atoms with Crippen molar-refractivity contribution in [2.45, 2.75) is 6.18 Å². The molecule has 0 aliphatic rings. The number of imidazole rings is 1. The molecule has 0 atom stereocenters. The number of para-hydroxylation sites is 1. The number of aryl methyl sites for hydroxylation is 1. The second-order valence-corrected chi connectivity index (χ2v) is 4.03. The van der Waals surface area contributed by atoms with Crippen LogP contribution in [0.1, 0.15) is 5.69 Å². The van der Waals surface area contributed by atoms with Crippen molar-refractivity contribution in [3.8, 4) is 0 Å². The van der Waals surface area contributed by atoms with Gasteiger partial charge >= 0.3 is 6.18 Å². The highest BCUT2D eigenvalue weighted by molar-refractivity contribution is 6.03. The van der Waals surface area contributed by atoms with Crippen molar-refractivity contribution >= 4 is 21.9 Å². The fraction of sp³-hybridized carbons (Fsp3) is 0.167. The van der Waals surface area contributed by atoms with Crippen LogP contribution in [0.2, 0.25) is 0 Å². The lowest BCUT2D eigenvalue weighted by Gasteiger charge is -2.09. The van der Waals surface area contributed by atoms with Crippen molar-refractivity contribution in [3.05, 3.63) is 36.3 Å². The largest absolute Gasteiger partial charge is 0.435 e. The molecule has 6 heteroatoms. The third-order valence-corrected chi connectivity index (χ3v) is 2.82. The number of alkyl halides is 3. The Balaban J connectivity index is 2.57. The number of halogens is 3. The van der Waals surface area contributed by atoms with Gasteiger partial charge in [0, 0.05) is 12.4 Å². The molecule has 0 bridgehead atoms. The summed E-state index contributed by atoms with van der Waals surface area (Å²) in [4.78, 5) is 7.50. The molecule has 0 unspecified atom stereocenters. The molecule has 0 saturated heterocycles. The minimum atomic E-state index is -4.50. The number of pyridine rings is 1. The smallest absolute Gasteiger partial charge is 0.333 e. The molecule has 0 aliphatic carbocycles. The van der Waals surface area contributed by atoms with Gasteiger partial charge in [0.25, 0.3) is 0 Å². The third kappa shape index (κ3) is 1.45. The Labute approximate surface area is 99.9 Å². The number of hydrogen-bond acceptors (Lipinski definition) is 2. The minimum Gasteiger partial charge on any atom is -0.333 e. The van der Waals surface area contributed by atoms with E-state index in [1.165, 1.54) is 6.33 Å². The molecule has 2 aromatic heterocycles. The van der Waals surface area contributed by atoms with E-state index in [-0.39, 0.29) is 5.52 Å². The number of hydrogen-bond donors (Lipinski definition) is 0. The molecule has 0 aliphatic heterocycles. The average Bonchev–Trinajstić information content (AvgIpc) is 2.70. The summed E-state index contributed by atoms with van der Waals surface area (Å²) in [5, 5.41) is 0.667. The van der Waals surface area contributed by atoms with Crippen LogP contribution in [0.4, 0.5) is 13.2 Å². The van der Waals surface area contributed by atoms with E-state index in [0.717, 1.165) is 0 Å². The Morgan fingerprint density at radius 3 is 2.61 bits per heavy atom. The zero-order chi connectivity index (χ0) is 12.9. The van der Waals surface area contributed by atoms with Crippen LogP contribution < -0.4 is 0 Å². The van der Waals surface area contributed by atoms with Crippen LogP contribution >= 0.6 is 0 Å². The molecule has 92 valence electrons. The Bertz CT molecular complexity index is 743. The summed E-state index contributed by atoms with van der Waals surface area (Å²) in [6.07, 6.45) is -3.13. The summed E-state index contributed by atoms with van der Waals surface area (Å²) in [5.41, 5.74) is -0.269. The van der Waals surface area contributed by atoms with Crippen LogP contribution in [0.15, 0.2) is 30.6 Å². The van der Waals surface area contributed by atoms with Crippen molar-refractivity contribution in [3.63, 3.8) is 0 Å². The van der Waals surface area contributed by atoms with Crippen molar-refractivity contribution in [1.29, 1.82) is 0 Å². The van der Waals surface area contributed by atoms with Gasteiger partial charge in [-0.05, 0) is 6.07 Å². The van der Waals surface area contributed by atoms with Gasteiger partial charge in [0.1, 0.15) is 5.52 Å². The van der Waals surface area contributed by atoms with E-state index in [1.54, 1.807) is 35.9 Å². The van der Waals surface area contributed by atoms with E-state index in [1.807, 2.05) is 0 Å². The molecule has 18 heavy (non-hydrogen) atoms. The molecule has 0 N–H and O–H groups in total. The van der Waals surface area contributed by atoms with E-state index in [2.05, 4.69) is 9.97 Å². The molecular weight excluding hydrogens is 243 g/mol. The van der Waals surface area contributed by atoms with Crippen molar-refractivity contribution in [2.24, 2.45) is 7.05 Å². The molecule has 3 nitrogen and oxygen atoms in total. The van der Waals surface area contributed by atoms with Crippen LogP contribution in [-0.4, -0.2) is 14.5 Å². The lowest BCUT2D eigenvalue weighted by molar-refractivity contribution is -0.139. The van der Waals surface area contributed by atoms with Gasteiger partial charge in [-0.2, -0.15) is 13.2 Å². The third-order valence-electron chi connectivity index (χ3n) is 2.82. The van der Waals surface area contributed by atoms with Crippen molar-refractivity contribution in [1.82, 2.24) is 14.5 Å². The van der Waals surface area contributed by atoms with Crippen LogP contribution in [-0.2, 0) is 13.2 Å². The Morgan fingerprint density at radius 1 is 1.17 bits per heavy atom. The number of fused-ring (bicyclic) bond motifs is 3. The van der Waals surface area contributed by atoms with Crippen LogP contribution in [0.5, 0.6) is 0 Å². The highest BCUT2D eigenvalue weighted by Crippen LogP contribution is 2.35. The second kappa shape index (κ2) is 3.44. The summed E-state index contributed by atoms with van der Waals surface area (Å²) in [5.74, 6) is 0. The normalized spacial score (nSPS) is 12.4. The maximum absolute atomic E-state index is 12.9. The van der Waals surface area contributed by atoms with Gasteiger partial charge in [-0.3, -0.25) is 0 Å². The minimum absolute atomic E-state index is 0.108. The lowest BCUT2D eigenvalue weighted by Crippen LogP contribution is -2.09. The zero-order valence-corrected chi connectivity index (χ0v) is 9.36. The van der Waals surface area contributed by atoms with Gasteiger partial charge in [-0.1, -0.05) is 18.2 Å². The maximum Gasteiger partial charge on any atom is 0.435 e. The number of nitrogens with zero attached hydrogens (tertiary/aromatic N) is 3. The van der Waals surface area contributed by atoms with E-state index in [4.69, 9.17) is 0 Å². The average molecular weight is 251 g/mol. The highest BCUT2D eigenvalue weighted by Gasteiger charge is 2.36. The molecule has 2 heterocycles. The summed E-state index contributed by atoms with van der Waals surface area (Å²) >= 11 is 0. The summed E-state index contributed by atoms with van der Waals surface area (Å²) in [6.45, 7) is 0. The van der Waals surface area contributed by atoms with Gasteiger partial charge in [0.15, 0.2) is 5.69 Å². The quantitative estimate of drug-likeness (QED) is 0.614. The molecule has 0 radical (unpaired) electrons. The predicted molar refractivity (Wildman–Crippen MR) is 61.0 cm³/mol. The summed E-state index contributed by atoms with van der Waals surface area (Å²) in [6, 6.07) is 6.74. The Morgan fingerprint density at radius 2 is 1.89 bits per heavy atom. The Kier molecular flexibility index (Phi) is 2.10. The lowest BCUT2D eigenvalue weighted by atomic mass is 10.1. The van der Waals surface area contributed by atoms with Crippen LogP contribution in [0.25, 0.3) is 21.9 Å². The number of benzene rings is 1. The first-order valence-corrected chi connectivity index (χ1v) is 5.25. The Hall–Kier alpha value is -2.11. The van der Waals surface area contributed by atoms with Crippen LogP contribution in [0, 0.1) is 0 Å². The van der Waals surface area contributed by atoms with Gasteiger partial charge in [-0.25, -0.2) is 9.97 Å². The van der Waals surface area contributed by atoms with E-state index in [9.17, 15) is 13.2 Å². The van der Waals surface area contributed by atoms with Gasteiger partial charge in [-0.15, -0.1) is 0 Å². The van der Waals surface area contributed by atoms with Crippen molar-refractivity contribution in [2.75, 3.05) is 0 Å². The summed E-state index contributed by atoms with van der Waals surface area (Å²) in [7, 11) is 1.67. The molecule has 0 fully saturated rings. The number of aromatic nitrogens is 3. The fourth-order valence-corrected chi connectivity index (χ4v) is 2.06. The fourth-order valence-electron chi connectivity index (χ4n) is 2.06. The van der Waals surface area contributed by atoms with Gasteiger partial charge in [0.2, 0.25) is 0 Å². The van der Waals surface area contributed by atoms with Gasteiger partial charge in [0.05, 0.1) is 17.4 Å². The van der Waals surface area contributed by atoms with Crippen LogP contribution in [0.3, 0.4) is 0 Å².